The molecule has 2 aromatic carbocycles. The van der Waals surface area contributed by atoms with Crippen LogP contribution in [0.5, 0.6) is 5.75 Å². The maximum Gasteiger partial charge on any atom is 0.234 e. The van der Waals surface area contributed by atoms with E-state index in [1.54, 1.807) is 25.3 Å². The number of nitrogens with zero attached hydrogens (tertiary/aromatic N) is 3. The quantitative estimate of drug-likeness (QED) is 0.649. The third-order valence-electron chi connectivity index (χ3n) is 3.62. The number of methoxy groups -OCH3 is 1. The molecule has 0 saturated carbocycles. The van der Waals surface area contributed by atoms with E-state index in [2.05, 4.69) is 15.5 Å². The second-order valence-corrected chi connectivity index (χ2v) is 6.82. The van der Waals surface area contributed by atoms with Crippen LogP contribution in [0.2, 0.25) is 5.02 Å². The highest BCUT2D eigenvalue weighted by molar-refractivity contribution is 7.99. The van der Waals surface area contributed by atoms with Crippen LogP contribution in [0, 0.1) is 0 Å². The summed E-state index contributed by atoms with van der Waals surface area (Å²) in [5.41, 5.74) is 1.60. The predicted molar refractivity (Wildman–Crippen MR) is 104 cm³/mol. The van der Waals surface area contributed by atoms with Crippen molar-refractivity contribution in [1.29, 1.82) is 0 Å². The molecular formula is C18H17ClN4O2S. The first-order valence-corrected chi connectivity index (χ1v) is 9.15. The minimum Gasteiger partial charge on any atom is -0.497 e. The van der Waals surface area contributed by atoms with Gasteiger partial charge in [-0.3, -0.25) is 4.79 Å². The van der Waals surface area contributed by atoms with E-state index in [0.717, 1.165) is 11.4 Å². The molecule has 3 aromatic rings. The van der Waals surface area contributed by atoms with Crippen LogP contribution in [0.4, 0.5) is 5.69 Å². The zero-order valence-electron chi connectivity index (χ0n) is 14.3. The molecule has 0 aliphatic carbocycles. The lowest BCUT2D eigenvalue weighted by Gasteiger charge is -2.07. The Kier molecular flexibility index (Phi) is 5.80. The van der Waals surface area contributed by atoms with E-state index in [1.807, 2.05) is 41.9 Å². The zero-order chi connectivity index (χ0) is 18.5. The molecule has 3 rings (SSSR count). The molecule has 1 N–H and O–H groups in total. The summed E-state index contributed by atoms with van der Waals surface area (Å²) in [7, 11) is 3.45. The van der Waals surface area contributed by atoms with Crippen LogP contribution < -0.4 is 10.1 Å². The predicted octanol–water partition coefficient (Wildman–Crippen LogP) is 3.87. The summed E-state index contributed by atoms with van der Waals surface area (Å²) in [5.74, 6) is 1.51. The number of rotatable bonds is 6. The van der Waals surface area contributed by atoms with Crippen molar-refractivity contribution in [2.45, 2.75) is 5.16 Å². The number of ether oxygens (including phenoxy) is 1. The van der Waals surface area contributed by atoms with Crippen LogP contribution in [0.3, 0.4) is 0 Å². The van der Waals surface area contributed by atoms with Crippen LogP contribution in [-0.2, 0) is 11.8 Å². The molecule has 0 bridgehead atoms. The minimum atomic E-state index is -0.126. The molecule has 0 spiro atoms. The fraction of sp³-hybridized carbons (Fsp3) is 0.167. The normalized spacial score (nSPS) is 10.6. The van der Waals surface area contributed by atoms with Gasteiger partial charge in [0.2, 0.25) is 5.91 Å². The Hall–Kier alpha value is -2.51. The first-order valence-electron chi connectivity index (χ1n) is 7.79. The highest BCUT2D eigenvalue weighted by Crippen LogP contribution is 2.24. The Morgan fingerprint density at radius 2 is 2.00 bits per heavy atom. The van der Waals surface area contributed by atoms with Crippen molar-refractivity contribution >= 4 is 35.0 Å². The maximum atomic E-state index is 12.2. The van der Waals surface area contributed by atoms with Crippen molar-refractivity contribution in [3.63, 3.8) is 0 Å². The molecule has 0 aliphatic rings. The molecule has 1 aromatic heterocycles. The number of thioether (sulfide) groups is 1. The standard InChI is InChI=1S/C18H17ClN4O2S/c1-23-17(12-6-8-13(19)9-7-12)21-22-18(23)26-11-16(24)20-14-4-3-5-15(10-14)25-2/h3-10H,11H2,1-2H3,(H,20,24). The van der Waals surface area contributed by atoms with E-state index in [0.29, 0.717) is 21.6 Å². The number of benzene rings is 2. The lowest BCUT2D eigenvalue weighted by Crippen LogP contribution is -2.14. The topological polar surface area (TPSA) is 69.0 Å². The van der Waals surface area contributed by atoms with E-state index in [9.17, 15) is 4.79 Å². The van der Waals surface area contributed by atoms with E-state index in [-0.39, 0.29) is 11.7 Å². The lowest BCUT2D eigenvalue weighted by molar-refractivity contribution is -0.113. The molecule has 8 heteroatoms. The molecule has 1 amide bonds. The van der Waals surface area contributed by atoms with Crippen LogP contribution >= 0.6 is 23.4 Å². The van der Waals surface area contributed by atoms with Gasteiger partial charge < -0.3 is 14.6 Å². The van der Waals surface area contributed by atoms with E-state index in [4.69, 9.17) is 16.3 Å². The van der Waals surface area contributed by atoms with Crippen LogP contribution in [0.25, 0.3) is 11.4 Å². The number of aromatic nitrogens is 3. The molecule has 0 saturated heterocycles. The number of hydrogen-bond donors (Lipinski definition) is 1. The van der Waals surface area contributed by atoms with E-state index < -0.39 is 0 Å². The van der Waals surface area contributed by atoms with Crippen LogP contribution in [0.1, 0.15) is 0 Å². The summed E-state index contributed by atoms with van der Waals surface area (Å²) < 4.78 is 7.00. The van der Waals surface area contributed by atoms with Gasteiger partial charge in [-0.1, -0.05) is 29.4 Å². The van der Waals surface area contributed by atoms with E-state index >= 15 is 0 Å². The fourth-order valence-corrected chi connectivity index (χ4v) is 3.16. The minimum absolute atomic E-state index is 0.126. The van der Waals surface area contributed by atoms with E-state index in [1.165, 1.54) is 11.8 Å². The second kappa shape index (κ2) is 8.25. The third-order valence-corrected chi connectivity index (χ3v) is 4.90. The molecular weight excluding hydrogens is 372 g/mol. The summed E-state index contributed by atoms with van der Waals surface area (Å²) in [5, 5.41) is 12.5. The highest BCUT2D eigenvalue weighted by Gasteiger charge is 2.13. The van der Waals surface area contributed by atoms with Gasteiger partial charge in [-0.25, -0.2) is 0 Å². The van der Waals surface area contributed by atoms with Crippen molar-refractivity contribution in [2.24, 2.45) is 7.05 Å². The molecule has 0 unspecified atom stereocenters. The number of amides is 1. The van der Waals surface area contributed by atoms with Crippen molar-refractivity contribution in [2.75, 3.05) is 18.2 Å². The fourth-order valence-electron chi connectivity index (χ4n) is 2.32. The molecule has 0 aliphatic heterocycles. The Morgan fingerprint density at radius 1 is 1.23 bits per heavy atom. The summed E-state index contributed by atoms with van der Waals surface area (Å²) >= 11 is 7.24. The van der Waals surface area contributed by atoms with Gasteiger partial charge in [0.15, 0.2) is 11.0 Å². The monoisotopic (exact) mass is 388 g/mol. The van der Waals surface area contributed by atoms with Crippen molar-refractivity contribution in [1.82, 2.24) is 14.8 Å². The number of hydrogen-bond acceptors (Lipinski definition) is 5. The van der Waals surface area contributed by atoms with Crippen molar-refractivity contribution < 1.29 is 9.53 Å². The average molecular weight is 389 g/mol. The Bertz CT molecular complexity index is 912. The molecule has 0 radical (unpaired) electrons. The molecule has 1 heterocycles. The van der Waals surface area contributed by atoms with Gasteiger partial charge in [-0.2, -0.15) is 0 Å². The largest absolute Gasteiger partial charge is 0.497 e. The summed E-state index contributed by atoms with van der Waals surface area (Å²) in [6, 6.07) is 14.6. The molecule has 6 nitrogen and oxygen atoms in total. The number of carbonyl (C=O) groups is 1. The van der Waals surface area contributed by atoms with Gasteiger partial charge in [-0.15, -0.1) is 10.2 Å². The number of nitrogens with one attached hydrogen (secondary N) is 1. The first-order chi connectivity index (χ1) is 12.6. The van der Waals surface area contributed by atoms with Crippen LogP contribution in [-0.4, -0.2) is 33.5 Å². The van der Waals surface area contributed by atoms with Crippen LogP contribution in [0.15, 0.2) is 53.7 Å². The second-order valence-electron chi connectivity index (χ2n) is 5.44. The molecule has 134 valence electrons. The van der Waals surface area contributed by atoms with Gasteiger partial charge in [0.05, 0.1) is 12.9 Å². The van der Waals surface area contributed by atoms with Gasteiger partial charge in [-0.05, 0) is 36.4 Å². The smallest absolute Gasteiger partial charge is 0.234 e. The average Bonchev–Trinajstić information content (AvgIpc) is 3.01. The lowest BCUT2D eigenvalue weighted by atomic mass is 10.2. The number of anilines is 1. The Morgan fingerprint density at radius 3 is 2.73 bits per heavy atom. The van der Waals surface area contributed by atoms with Gasteiger partial charge in [0.25, 0.3) is 0 Å². The maximum absolute atomic E-state index is 12.2. The first kappa shape index (κ1) is 18.3. The molecule has 0 fully saturated rings. The third kappa shape index (κ3) is 4.36. The summed E-state index contributed by atoms with van der Waals surface area (Å²) in [6.45, 7) is 0. The number of carbonyl (C=O) groups excluding carboxylic acids is 1. The van der Waals surface area contributed by atoms with Crippen molar-refractivity contribution in [3.8, 4) is 17.1 Å². The van der Waals surface area contributed by atoms with Crippen molar-refractivity contribution in [3.05, 3.63) is 53.6 Å². The number of halogens is 1. The zero-order valence-corrected chi connectivity index (χ0v) is 15.8. The SMILES string of the molecule is COc1cccc(NC(=O)CSc2nnc(-c3ccc(Cl)cc3)n2C)c1. The molecule has 0 atom stereocenters. The Balaban J connectivity index is 1.62. The highest BCUT2D eigenvalue weighted by atomic mass is 35.5. The van der Waals surface area contributed by atoms with Gasteiger partial charge in [0, 0.05) is 29.4 Å². The molecule has 26 heavy (non-hydrogen) atoms. The summed E-state index contributed by atoms with van der Waals surface area (Å²) in [4.78, 5) is 12.2. The van der Waals surface area contributed by atoms with Gasteiger partial charge >= 0.3 is 0 Å². The summed E-state index contributed by atoms with van der Waals surface area (Å²) in [6.07, 6.45) is 0. The Labute approximate surface area is 160 Å². The van der Waals surface area contributed by atoms with Gasteiger partial charge in [0.1, 0.15) is 5.75 Å².